The topological polar surface area (TPSA) is 302 Å². The van der Waals surface area contributed by atoms with E-state index in [-0.39, 0.29) is 71.9 Å². The van der Waals surface area contributed by atoms with Crippen LogP contribution in [0.3, 0.4) is 0 Å². The number of carbonyl (C=O) groups excluding carboxylic acids is 2. The van der Waals surface area contributed by atoms with Crippen molar-refractivity contribution >= 4 is 118 Å². The summed E-state index contributed by atoms with van der Waals surface area (Å²) in [6, 6.07) is 16.1. The molecular formula is C56H57Br2F3IN15O8S3. The predicted molar refractivity (Wildman–Crippen MR) is 343 cm³/mol. The summed E-state index contributed by atoms with van der Waals surface area (Å²) in [7, 11) is 9.93. The molecule has 0 spiro atoms. The first-order valence-electron chi connectivity index (χ1n) is 25.9. The summed E-state index contributed by atoms with van der Waals surface area (Å²) >= 11 is 12.3. The number of benzene rings is 3. The molecule has 10 rings (SSSR count). The van der Waals surface area contributed by atoms with Crippen molar-refractivity contribution in [2.45, 2.75) is 58.7 Å². The first-order valence-corrected chi connectivity index (χ1v) is 30.9. The lowest BCUT2D eigenvalue weighted by Crippen LogP contribution is -2.28. The van der Waals surface area contributed by atoms with Gasteiger partial charge in [0, 0.05) is 98.8 Å². The SMILES string of the molecule is CNCc1cc(OC)sn1.COc1cc(CN(C)C(=O)c2ccc(F)cc2[C@@H](C)Oc2nc(Br)cnc2N)ns1.COc1snc2c1-c1cnc(N)c(n1)O[C@H](C)c1cc(F)ccc1C(=O)N(C)C2.C[C@@H](Oc1nc(Br)cnc1N)c1cc(F)ccc1I. The van der Waals surface area contributed by atoms with Gasteiger partial charge in [0.2, 0.25) is 5.06 Å². The van der Waals surface area contributed by atoms with Crippen molar-refractivity contribution < 1.29 is 51.2 Å². The van der Waals surface area contributed by atoms with Gasteiger partial charge in [0.05, 0.1) is 81.3 Å². The van der Waals surface area contributed by atoms with Gasteiger partial charge in [0.25, 0.3) is 29.5 Å². The molecule has 464 valence electrons. The van der Waals surface area contributed by atoms with Gasteiger partial charge in [-0.15, -0.1) is 0 Å². The molecule has 0 saturated carbocycles. The highest BCUT2D eigenvalue weighted by atomic mass is 127. The van der Waals surface area contributed by atoms with Crippen molar-refractivity contribution in [2.75, 3.05) is 59.7 Å². The molecule has 0 aliphatic carbocycles. The van der Waals surface area contributed by atoms with Gasteiger partial charge in [-0.25, -0.2) is 43.1 Å². The fourth-order valence-corrected chi connectivity index (χ4v) is 11.3. The molecule has 9 aromatic rings. The van der Waals surface area contributed by atoms with Crippen LogP contribution in [0.15, 0.2) is 94.5 Å². The average Bonchev–Trinajstić information content (AvgIpc) is 1.89. The molecule has 0 unspecified atom stereocenters. The molecule has 6 aromatic heterocycles. The molecule has 7 heterocycles. The van der Waals surface area contributed by atoms with Gasteiger partial charge in [0.15, 0.2) is 27.6 Å². The first-order chi connectivity index (χ1) is 42.0. The standard InChI is InChI=1S/C19H19BrFN5O3S.C19H18FN5O3S.C12H10BrFIN3O.C6H10N2OS/c1-10(29-18-17(22)23-8-15(20)24-18)14-6-11(21)4-5-13(14)19(27)26(2)9-12-7-16(28-3)30-25-12;1-9-12-6-10(20)4-5-11(12)18(26)25(2)8-14-15(19(27-3)29-24-14)13-7-22-16(21)17(23-13)28-9;1-6(8-4-7(14)2-3-9(8)15)19-12-11(16)17-5-10(13)18-12;1-7-4-5-3-6(9-2)10-8-5/h4-8,10H,9H2,1-3H3,(H2,22,23);4-7,9H,8H2,1-3H3,(H2,21,22);2-6H,1H3,(H2,16,17);3,7H,4H2,1-2H3/t10-;9-;6-;/m111./s1. The molecule has 1 aliphatic heterocycles. The van der Waals surface area contributed by atoms with E-state index in [1.54, 1.807) is 61.2 Å². The highest BCUT2D eigenvalue weighted by Gasteiger charge is 2.28. The first kappa shape index (κ1) is 67.9. The summed E-state index contributed by atoms with van der Waals surface area (Å²) in [4.78, 5) is 54.0. The molecular weight excluding hydrogens is 1450 g/mol. The number of nitrogens with two attached hydrogens (primary N) is 3. The van der Waals surface area contributed by atoms with Crippen LogP contribution in [0, 0.1) is 21.0 Å². The van der Waals surface area contributed by atoms with Crippen LogP contribution in [-0.2, 0) is 19.6 Å². The van der Waals surface area contributed by atoms with E-state index in [1.807, 2.05) is 13.1 Å². The van der Waals surface area contributed by atoms with Gasteiger partial charge < -0.3 is 60.7 Å². The van der Waals surface area contributed by atoms with E-state index < -0.39 is 23.8 Å². The molecule has 1 aliphatic rings. The van der Waals surface area contributed by atoms with Crippen molar-refractivity contribution in [3.05, 3.63) is 160 Å². The van der Waals surface area contributed by atoms with E-state index in [4.69, 9.17) is 45.6 Å². The number of anilines is 3. The molecule has 3 aromatic carbocycles. The number of nitrogens with zero attached hydrogens (tertiary/aromatic N) is 11. The smallest absolute Gasteiger partial charge is 0.258 e. The summed E-state index contributed by atoms with van der Waals surface area (Å²) in [6.45, 7) is 6.47. The Morgan fingerprint density at radius 3 is 1.93 bits per heavy atom. The van der Waals surface area contributed by atoms with Crippen molar-refractivity contribution in [3.8, 4) is 44.1 Å². The summed E-state index contributed by atoms with van der Waals surface area (Å²) in [5.74, 6) is -1.09. The highest BCUT2D eigenvalue weighted by Crippen LogP contribution is 2.39. The second-order valence-electron chi connectivity index (χ2n) is 18.7. The number of carbonyl (C=O) groups is 2. The van der Waals surface area contributed by atoms with Gasteiger partial charge >= 0.3 is 0 Å². The molecule has 2 bridgehead atoms. The largest absolute Gasteiger partial charge is 0.486 e. The molecule has 3 atom stereocenters. The number of halogens is 6. The van der Waals surface area contributed by atoms with Gasteiger partial charge in [-0.2, -0.15) is 13.1 Å². The van der Waals surface area contributed by atoms with Crippen LogP contribution >= 0.6 is 89.0 Å². The zero-order chi connectivity index (χ0) is 63.9. The Kier molecular flexibility index (Phi) is 24.3. The van der Waals surface area contributed by atoms with Crippen LogP contribution in [0.25, 0.3) is 11.3 Å². The maximum Gasteiger partial charge on any atom is 0.258 e. The molecule has 0 fully saturated rings. The third-order valence-corrected chi connectivity index (χ3v) is 16.5. The molecule has 88 heavy (non-hydrogen) atoms. The van der Waals surface area contributed by atoms with Gasteiger partial charge in [-0.1, -0.05) is 0 Å². The molecule has 7 N–H and O–H groups in total. The summed E-state index contributed by atoms with van der Waals surface area (Å²) < 4.78 is 88.7. The minimum atomic E-state index is -0.710. The highest BCUT2D eigenvalue weighted by molar-refractivity contribution is 14.1. The van der Waals surface area contributed by atoms with Crippen LogP contribution < -0.4 is 50.9 Å². The Balaban J connectivity index is 0.000000178. The Bertz CT molecular complexity index is 3900. The van der Waals surface area contributed by atoms with Gasteiger partial charge in [-0.05, 0) is 137 Å². The van der Waals surface area contributed by atoms with Crippen molar-refractivity contribution in [3.63, 3.8) is 0 Å². The zero-order valence-corrected chi connectivity index (χ0v) is 56.1. The fraction of sp³-hybridized carbons (Fsp3) is 0.268. The molecule has 23 nitrogen and oxygen atoms in total. The number of amides is 2. The number of nitrogen functional groups attached to an aromatic ring is 3. The quantitative estimate of drug-likeness (QED) is 0.0735. The second kappa shape index (κ2) is 31.5. The van der Waals surface area contributed by atoms with E-state index in [2.05, 4.69) is 103 Å². The van der Waals surface area contributed by atoms with Crippen molar-refractivity contribution in [1.82, 2.24) is 58.1 Å². The minimum Gasteiger partial charge on any atom is -0.486 e. The Hall–Kier alpha value is -7.63. The van der Waals surface area contributed by atoms with E-state index >= 15 is 0 Å². The zero-order valence-electron chi connectivity index (χ0n) is 48.3. The van der Waals surface area contributed by atoms with Crippen LogP contribution in [0.1, 0.15) is 93.6 Å². The number of hydrogen-bond donors (Lipinski definition) is 4. The van der Waals surface area contributed by atoms with Crippen LogP contribution in [0.4, 0.5) is 30.6 Å². The Morgan fingerprint density at radius 1 is 0.773 bits per heavy atom. The van der Waals surface area contributed by atoms with Gasteiger partial charge in [0.1, 0.15) is 45.0 Å². The number of ether oxygens (including phenoxy) is 6. The third kappa shape index (κ3) is 17.8. The summed E-state index contributed by atoms with van der Waals surface area (Å²) in [5, 5.41) is 5.07. The maximum atomic E-state index is 14.0. The number of nitrogens with one attached hydrogen (secondary N) is 1. The number of rotatable bonds is 14. The lowest BCUT2D eigenvalue weighted by molar-refractivity contribution is 0.0772. The molecule has 2 amide bonds. The fourth-order valence-electron chi connectivity index (χ4n) is 8.08. The minimum absolute atomic E-state index is 0.0856. The van der Waals surface area contributed by atoms with E-state index in [0.717, 1.165) is 38.0 Å². The predicted octanol–water partition coefficient (Wildman–Crippen LogP) is 11.5. The van der Waals surface area contributed by atoms with Crippen molar-refractivity contribution in [2.24, 2.45) is 0 Å². The van der Waals surface area contributed by atoms with E-state index in [9.17, 15) is 22.8 Å². The number of methoxy groups -OCH3 is 3. The third-order valence-electron chi connectivity index (χ3n) is 12.4. The lowest BCUT2D eigenvalue weighted by atomic mass is 10.0. The number of hydrogen-bond acceptors (Lipinski definition) is 24. The Labute approximate surface area is 546 Å². The molecule has 0 radical (unpaired) electrons. The normalized spacial score (nSPS) is 13.1. The second-order valence-corrected chi connectivity index (χ2v) is 23.7. The molecule has 32 heteroatoms. The van der Waals surface area contributed by atoms with Crippen LogP contribution in [0.5, 0.6) is 32.8 Å². The molecule has 0 saturated heterocycles. The number of aromatic nitrogens is 9. The van der Waals surface area contributed by atoms with Crippen molar-refractivity contribution in [1.29, 1.82) is 0 Å². The lowest BCUT2D eigenvalue weighted by Gasteiger charge is -2.23. The summed E-state index contributed by atoms with van der Waals surface area (Å²) in [5.41, 5.74) is 23.0. The monoisotopic (exact) mass is 1510 g/mol. The Morgan fingerprint density at radius 2 is 1.33 bits per heavy atom. The maximum absolute atomic E-state index is 14.0. The van der Waals surface area contributed by atoms with E-state index in [0.29, 0.717) is 64.2 Å². The number of fused-ring (bicyclic) bond motifs is 5. The van der Waals surface area contributed by atoms with Gasteiger partial charge in [-0.3, -0.25) is 9.59 Å². The summed E-state index contributed by atoms with van der Waals surface area (Å²) in [6.07, 6.45) is 2.65. The average molecular weight is 1510 g/mol. The van der Waals surface area contributed by atoms with E-state index in [1.165, 1.54) is 107 Å². The van der Waals surface area contributed by atoms with Crippen LogP contribution in [0.2, 0.25) is 0 Å². The van der Waals surface area contributed by atoms with Crippen LogP contribution in [-0.4, -0.2) is 107 Å².